The quantitative estimate of drug-likeness (QED) is 0.306. The number of piperazine rings is 1. The summed E-state index contributed by atoms with van der Waals surface area (Å²) in [5.74, 6) is 0.486. The maximum absolute atomic E-state index is 12.7. The monoisotopic (exact) mass is 621 g/mol. The number of rotatable bonds is 7. The highest BCUT2D eigenvalue weighted by atomic mass is 35.5. The molecule has 2 aromatic carbocycles. The first-order valence-electron chi connectivity index (χ1n) is 13.6. The number of benzene rings is 2. The number of amides is 1. The highest BCUT2D eigenvalue weighted by Gasteiger charge is 2.32. The molecule has 1 N–H and O–H groups in total. The van der Waals surface area contributed by atoms with Crippen molar-refractivity contribution in [2.75, 3.05) is 37.6 Å². The van der Waals surface area contributed by atoms with Crippen LogP contribution in [0, 0.1) is 0 Å². The van der Waals surface area contributed by atoms with E-state index in [4.69, 9.17) is 46.4 Å². The van der Waals surface area contributed by atoms with E-state index in [2.05, 4.69) is 44.1 Å². The van der Waals surface area contributed by atoms with Crippen molar-refractivity contribution >= 4 is 58.1 Å². The first kappa shape index (κ1) is 29.4. The van der Waals surface area contributed by atoms with Crippen molar-refractivity contribution in [3.8, 4) is 0 Å². The normalized spacial score (nSPS) is 19.1. The largest absolute Gasteiger partial charge is 0.353 e. The van der Waals surface area contributed by atoms with E-state index >= 15 is 0 Å². The molecule has 2 aliphatic rings. The van der Waals surface area contributed by atoms with E-state index < -0.39 is 0 Å². The minimum Gasteiger partial charge on any atom is -0.353 e. The molecule has 3 heterocycles. The summed E-state index contributed by atoms with van der Waals surface area (Å²) in [4.78, 5) is 24.7. The summed E-state index contributed by atoms with van der Waals surface area (Å²) < 4.78 is 0. The molecule has 2 saturated heterocycles. The van der Waals surface area contributed by atoms with E-state index in [1.807, 2.05) is 18.2 Å². The number of pyridine rings is 1. The van der Waals surface area contributed by atoms with Crippen molar-refractivity contribution in [1.29, 1.82) is 0 Å². The van der Waals surface area contributed by atoms with E-state index in [1.54, 1.807) is 24.4 Å². The molecule has 40 heavy (non-hydrogen) atoms. The lowest BCUT2D eigenvalue weighted by Gasteiger charge is -2.47. The minimum atomic E-state index is -0.243. The van der Waals surface area contributed by atoms with Gasteiger partial charge in [0.15, 0.2) is 0 Å². The van der Waals surface area contributed by atoms with Gasteiger partial charge in [-0.15, -0.1) is 0 Å². The smallest absolute Gasteiger partial charge is 0.253 e. The van der Waals surface area contributed by atoms with Crippen molar-refractivity contribution in [2.45, 2.75) is 44.9 Å². The van der Waals surface area contributed by atoms with Gasteiger partial charge in [-0.2, -0.15) is 0 Å². The van der Waals surface area contributed by atoms with Crippen LogP contribution >= 0.6 is 46.4 Å². The van der Waals surface area contributed by atoms with Gasteiger partial charge in [0.1, 0.15) is 5.82 Å². The first-order valence-corrected chi connectivity index (χ1v) is 15.1. The number of nitrogens with zero attached hydrogens (tertiary/aromatic N) is 4. The lowest BCUT2D eigenvalue weighted by Crippen LogP contribution is -2.57. The van der Waals surface area contributed by atoms with Gasteiger partial charge >= 0.3 is 0 Å². The Labute approximate surface area is 257 Å². The molecular formula is C30H35Cl4N5O. The van der Waals surface area contributed by atoms with Gasteiger partial charge < -0.3 is 10.2 Å². The maximum atomic E-state index is 12.7. The molecule has 6 nitrogen and oxygen atoms in total. The number of halogens is 4. The number of hydrogen-bond acceptors (Lipinski definition) is 5. The second-order valence-corrected chi connectivity index (χ2v) is 12.3. The third-order valence-electron chi connectivity index (χ3n) is 7.85. The molecular weight excluding hydrogens is 588 g/mol. The van der Waals surface area contributed by atoms with Gasteiger partial charge in [-0.1, -0.05) is 64.6 Å². The van der Waals surface area contributed by atoms with Crippen LogP contribution in [-0.4, -0.2) is 65.5 Å². The van der Waals surface area contributed by atoms with Crippen LogP contribution in [0.1, 0.15) is 42.7 Å². The Morgan fingerprint density at radius 2 is 1.65 bits per heavy atom. The molecule has 0 saturated carbocycles. The first-order chi connectivity index (χ1) is 19.3. The summed E-state index contributed by atoms with van der Waals surface area (Å²) in [6.07, 6.45) is 3.94. The van der Waals surface area contributed by atoms with Crippen LogP contribution in [0.4, 0.5) is 5.82 Å². The lowest BCUT2D eigenvalue weighted by molar-refractivity contribution is 0.0690. The number of anilines is 1. The molecule has 0 radical (unpaired) electrons. The average molecular weight is 623 g/mol. The van der Waals surface area contributed by atoms with Crippen molar-refractivity contribution in [1.82, 2.24) is 20.1 Å². The molecule has 10 heteroatoms. The number of carbonyl (C=O) groups excluding carboxylic acids is 1. The minimum absolute atomic E-state index is 0. The van der Waals surface area contributed by atoms with Crippen LogP contribution in [-0.2, 0) is 13.1 Å². The van der Waals surface area contributed by atoms with E-state index in [1.165, 1.54) is 18.4 Å². The van der Waals surface area contributed by atoms with Gasteiger partial charge in [-0.25, -0.2) is 4.98 Å². The van der Waals surface area contributed by atoms with Crippen molar-refractivity contribution < 1.29 is 6.22 Å². The molecule has 0 bridgehead atoms. The fourth-order valence-electron chi connectivity index (χ4n) is 5.69. The highest BCUT2D eigenvalue weighted by Crippen LogP contribution is 2.29. The number of nitrogens with one attached hydrogen (secondary N) is 1. The van der Waals surface area contributed by atoms with E-state index in [0.29, 0.717) is 39.3 Å². The number of carbonyl (C=O) groups is 1. The Morgan fingerprint density at radius 3 is 2.33 bits per heavy atom. The zero-order valence-electron chi connectivity index (χ0n) is 22.4. The zero-order chi connectivity index (χ0) is 28.2. The SMILES string of the molecule is C[C@@H]1CN(c2ncc(C(=O)NCc3ccc(Cl)c(Cl)c3)cc2Cl)CCN1C1CCN(Cc2ccc(Cl)cc2)CC1.[HH]. The number of piperidine rings is 1. The molecule has 1 aromatic heterocycles. The third kappa shape index (κ3) is 7.22. The van der Waals surface area contributed by atoms with Crippen LogP contribution < -0.4 is 10.2 Å². The van der Waals surface area contributed by atoms with Crippen LogP contribution in [0.5, 0.6) is 0 Å². The highest BCUT2D eigenvalue weighted by molar-refractivity contribution is 6.42. The molecule has 3 aromatic rings. The van der Waals surface area contributed by atoms with Crippen LogP contribution in [0.15, 0.2) is 54.7 Å². The Balaban J connectivity index is 0.00000387. The molecule has 0 aliphatic carbocycles. The third-order valence-corrected chi connectivity index (χ3v) is 9.11. The van der Waals surface area contributed by atoms with Gasteiger partial charge in [-0.3, -0.25) is 14.6 Å². The molecule has 0 unspecified atom stereocenters. The summed E-state index contributed by atoms with van der Waals surface area (Å²) in [6, 6.07) is 16.1. The second kappa shape index (κ2) is 13.3. The number of aromatic nitrogens is 1. The van der Waals surface area contributed by atoms with Gasteiger partial charge in [0.2, 0.25) is 0 Å². The van der Waals surface area contributed by atoms with Gasteiger partial charge in [-0.05, 0) is 74.3 Å². The zero-order valence-corrected chi connectivity index (χ0v) is 25.4. The molecule has 1 amide bonds. The van der Waals surface area contributed by atoms with Gasteiger partial charge in [0.05, 0.1) is 20.6 Å². The second-order valence-electron chi connectivity index (χ2n) is 10.6. The van der Waals surface area contributed by atoms with Crippen molar-refractivity contribution in [2.24, 2.45) is 0 Å². The Kier molecular flexibility index (Phi) is 9.77. The summed E-state index contributed by atoms with van der Waals surface area (Å²) in [5.41, 5.74) is 2.59. The summed E-state index contributed by atoms with van der Waals surface area (Å²) in [6.45, 7) is 8.45. The summed E-state index contributed by atoms with van der Waals surface area (Å²) in [7, 11) is 0. The van der Waals surface area contributed by atoms with E-state index in [-0.39, 0.29) is 7.33 Å². The fourth-order valence-corrected chi connectivity index (χ4v) is 6.42. The predicted molar refractivity (Wildman–Crippen MR) is 167 cm³/mol. The summed E-state index contributed by atoms with van der Waals surface area (Å²) >= 11 is 24.7. The molecule has 2 aliphatic heterocycles. The number of hydrogen-bond donors (Lipinski definition) is 1. The van der Waals surface area contributed by atoms with Gasteiger partial charge in [0, 0.05) is 57.5 Å². The van der Waals surface area contributed by atoms with E-state index in [0.717, 1.165) is 55.7 Å². The molecule has 5 rings (SSSR count). The molecule has 1 atom stereocenters. The Bertz CT molecular complexity index is 1340. The lowest BCUT2D eigenvalue weighted by atomic mass is 9.99. The maximum Gasteiger partial charge on any atom is 0.253 e. The molecule has 2 fully saturated rings. The predicted octanol–water partition coefficient (Wildman–Crippen LogP) is 7.05. The summed E-state index contributed by atoms with van der Waals surface area (Å²) in [5, 5.41) is 5.09. The topological polar surface area (TPSA) is 51.7 Å². The van der Waals surface area contributed by atoms with Crippen LogP contribution in [0.25, 0.3) is 0 Å². The Hall–Kier alpha value is -2.06. The van der Waals surface area contributed by atoms with Crippen molar-refractivity contribution in [3.05, 3.63) is 91.5 Å². The van der Waals surface area contributed by atoms with E-state index in [9.17, 15) is 4.79 Å². The molecule has 0 spiro atoms. The Morgan fingerprint density at radius 1 is 0.925 bits per heavy atom. The standard InChI is InChI=1S/C30H33Cl4N5O.H2/c1-20-18-38(12-13-39(20)25-8-10-37(11-9-25)19-21-2-5-24(31)6-3-21)29-28(34)15-23(17-35-29)30(40)36-16-22-4-7-26(32)27(33)14-22;/h2-7,14-15,17,20,25H,8-13,16,18-19H2,1H3,(H,36,40);1H/t20-;/m1./s1. The van der Waals surface area contributed by atoms with Crippen molar-refractivity contribution in [3.63, 3.8) is 0 Å². The fraction of sp³-hybridized carbons (Fsp3) is 0.400. The van der Waals surface area contributed by atoms with Gasteiger partial charge in [0.25, 0.3) is 5.91 Å². The molecule has 214 valence electrons. The average Bonchev–Trinajstić information content (AvgIpc) is 2.95. The van der Waals surface area contributed by atoms with Crippen LogP contribution in [0.3, 0.4) is 0 Å². The number of likely N-dealkylation sites (tertiary alicyclic amines) is 1. The van der Waals surface area contributed by atoms with Crippen LogP contribution in [0.2, 0.25) is 20.1 Å².